The first-order valence-electron chi connectivity index (χ1n) is 8.94. The maximum atomic E-state index is 12.2. The monoisotopic (exact) mass is 574 g/mol. The highest BCUT2D eigenvalue weighted by atomic mass is 127. The van der Waals surface area contributed by atoms with Crippen molar-refractivity contribution in [2.45, 2.75) is 13.3 Å². The van der Waals surface area contributed by atoms with Crippen LogP contribution in [0.1, 0.15) is 11.1 Å². The van der Waals surface area contributed by atoms with Gasteiger partial charge in [-0.05, 0) is 48.7 Å². The molecule has 0 atom stereocenters. The van der Waals surface area contributed by atoms with Gasteiger partial charge in [0.1, 0.15) is 0 Å². The highest BCUT2D eigenvalue weighted by molar-refractivity contribution is 14.0. The van der Waals surface area contributed by atoms with Gasteiger partial charge in [-0.2, -0.15) is 0 Å². The number of carbonyl (C=O) groups excluding carboxylic acids is 1. The number of nitrogens with one attached hydrogen (secondary N) is 3. The number of nitrogens with zero attached hydrogens (tertiary/aromatic N) is 1. The average molecular weight is 575 g/mol. The minimum absolute atomic E-state index is 0. The zero-order valence-corrected chi connectivity index (χ0v) is 20.2. The van der Waals surface area contributed by atoms with E-state index in [0.717, 1.165) is 39.2 Å². The van der Waals surface area contributed by atoms with Crippen molar-refractivity contribution < 1.29 is 14.3 Å². The fourth-order valence-corrected chi connectivity index (χ4v) is 3.09. The van der Waals surface area contributed by atoms with E-state index in [4.69, 9.17) is 9.47 Å². The number of fused-ring (bicyclic) bond motifs is 1. The van der Waals surface area contributed by atoms with Crippen molar-refractivity contribution in [2.24, 2.45) is 4.99 Å². The van der Waals surface area contributed by atoms with E-state index in [9.17, 15) is 4.79 Å². The quantitative estimate of drug-likeness (QED) is 0.280. The predicted molar refractivity (Wildman–Crippen MR) is 129 cm³/mol. The summed E-state index contributed by atoms with van der Waals surface area (Å²) >= 11 is 3.41. The number of guanidine groups is 1. The Morgan fingerprint density at radius 1 is 1.14 bits per heavy atom. The van der Waals surface area contributed by atoms with Gasteiger partial charge < -0.3 is 25.4 Å². The van der Waals surface area contributed by atoms with Crippen molar-refractivity contribution in [3.63, 3.8) is 0 Å². The van der Waals surface area contributed by atoms with Gasteiger partial charge in [-0.15, -0.1) is 24.0 Å². The molecule has 2 aromatic rings. The predicted octanol–water partition coefficient (Wildman–Crippen LogP) is 3.45. The van der Waals surface area contributed by atoms with Crippen molar-refractivity contribution in [1.82, 2.24) is 10.6 Å². The molecule has 0 fully saturated rings. The fraction of sp³-hybridized carbons (Fsp3) is 0.300. The van der Waals surface area contributed by atoms with Gasteiger partial charge in [0.05, 0.1) is 6.54 Å². The number of rotatable bonds is 6. The lowest BCUT2D eigenvalue weighted by molar-refractivity contribution is -0.115. The lowest BCUT2D eigenvalue weighted by atomic mass is 10.1. The normalized spacial score (nSPS) is 12.2. The van der Waals surface area contributed by atoms with Gasteiger partial charge in [-0.25, -0.2) is 0 Å². The number of hydrogen-bond acceptors (Lipinski definition) is 4. The molecule has 0 saturated carbocycles. The summed E-state index contributed by atoms with van der Waals surface area (Å²) in [5.74, 6) is 1.99. The standard InChI is InChI=1S/C20H23BrN4O3.HI/c1-13-3-5-15(21)10-16(13)25-19(26)11-24-20(22-2)23-8-7-14-4-6-17-18(9-14)28-12-27-17;/h3-6,9-10H,7-8,11-12H2,1-2H3,(H,25,26)(H2,22,23,24);1H. The fourth-order valence-electron chi connectivity index (χ4n) is 2.73. The molecule has 0 radical (unpaired) electrons. The molecular weight excluding hydrogens is 551 g/mol. The number of benzene rings is 2. The number of anilines is 1. The second-order valence-electron chi connectivity index (χ2n) is 6.30. The number of hydrogen-bond donors (Lipinski definition) is 3. The van der Waals surface area contributed by atoms with Crippen LogP contribution < -0.4 is 25.4 Å². The second kappa shape index (κ2) is 11.2. The molecular formula is C20H24BrIN4O3. The van der Waals surface area contributed by atoms with Crippen LogP contribution in [0.5, 0.6) is 11.5 Å². The molecule has 3 rings (SSSR count). The van der Waals surface area contributed by atoms with E-state index in [1.165, 1.54) is 0 Å². The molecule has 2 aromatic carbocycles. The van der Waals surface area contributed by atoms with Gasteiger partial charge in [0.2, 0.25) is 12.7 Å². The van der Waals surface area contributed by atoms with Crippen molar-refractivity contribution in [2.75, 3.05) is 32.2 Å². The number of carbonyl (C=O) groups is 1. The molecule has 1 amide bonds. The van der Waals surface area contributed by atoms with Gasteiger partial charge in [-0.1, -0.05) is 28.1 Å². The number of aryl methyl sites for hydroxylation is 1. The maximum absolute atomic E-state index is 12.2. The van der Waals surface area contributed by atoms with Crippen LogP contribution in [0.3, 0.4) is 0 Å². The molecule has 0 unspecified atom stereocenters. The molecule has 29 heavy (non-hydrogen) atoms. The summed E-state index contributed by atoms with van der Waals surface area (Å²) in [6.07, 6.45) is 0.792. The Hall–Kier alpha value is -2.01. The van der Waals surface area contributed by atoms with E-state index in [0.29, 0.717) is 12.5 Å². The summed E-state index contributed by atoms with van der Waals surface area (Å²) in [6, 6.07) is 11.7. The van der Waals surface area contributed by atoms with Crippen LogP contribution in [0, 0.1) is 6.92 Å². The minimum atomic E-state index is -0.139. The third kappa shape index (κ3) is 6.77. The zero-order valence-electron chi connectivity index (χ0n) is 16.3. The Bertz CT molecular complexity index is 892. The van der Waals surface area contributed by atoms with E-state index in [2.05, 4.69) is 36.9 Å². The van der Waals surface area contributed by atoms with E-state index in [1.54, 1.807) is 7.05 Å². The first-order valence-corrected chi connectivity index (χ1v) is 9.73. The summed E-state index contributed by atoms with van der Waals surface area (Å²) in [7, 11) is 1.67. The van der Waals surface area contributed by atoms with Crippen molar-refractivity contribution in [3.05, 3.63) is 52.0 Å². The van der Waals surface area contributed by atoms with Crippen molar-refractivity contribution in [1.29, 1.82) is 0 Å². The van der Waals surface area contributed by atoms with Gasteiger partial charge in [-0.3, -0.25) is 9.79 Å². The average Bonchev–Trinajstić information content (AvgIpc) is 3.15. The smallest absolute Gasteiger partial charge is 0.243 e. The molecule has 0 spiro atoms. The molecule has 9 heteroatoms. The first kappa shape index (κ1) is 23.3. The topological polar surface area (TPSA) is 84.0 Å². The van der Waals surface area contributed by atoms with E-state index in [1.807, 2.05) is 43.3 Å². The van der Waals surface area contributed by atoms with Gasteiger partial charge >= 0.3 is 0 Å². The second-order valence-corrected chi connectivity index (χ2v) is 7.21. The number of halogens is 2. The van der Waals surface area contributed by atoms with Crippen LogP contribution in [0.2, 0.25) is 0 Å². The largest absolute Gasteiger partial charge is 0.454 e. The Morgan fingerprint density at radius 3 is 2.72 bits per heavy atom. The zero-order chi connectivity index (χ0) is 19.9. The SMILES string of the molecule is CN=C(NCCc1ccc2c(c1)OCO2)NCC(=O)Nc1cc(Br)ccc1C.I. The first-order chi connectivity index (χ1) is 13.5. The highest BCUT2D eigenvalue weighted by Gasteiger charge is 2.13. The maximum Gasteiger partial charge on any atom is 0.243 e. The summed E-state index contributed by atoms with van der Waals surface area (Å²) < 4.78 is 11.6. The third-order valence-corrected chi connectivity index (χ3v) is 4.75. The summed E-state index contributed by atoms with van der Waals surface area (Å²) in [5, 5.41) is 9.12. The Labute approximate surface area is 195 Å². The number of amides is 1. The molecule has 156 valence electrons. The van der Waals surface area contributed by atoms with Crippen molar-refractivity contribution in [3.8, 4) is 11.5 Å². The van der Waals surface area contributed by atoms with Crippen LogP contribution in [-0.2, 0) is 11.2 Å². The highest BCUT2D eigenvalue weighted by Crippen LogP contribution is 2.32. The third-order valence-electron chi connectivity index (χ3n) is 4.26. The molecule has 3 N–H and O–H groups in total. The number of aliphatic imine (C=N–C) groups is 1. The Balaban J connectivity index is 0.00000300. The van der Waals surface area contributed by atoms with Gasteiger partial charge in [0.25, 0.3) is 0 Å². The van der Waals surface area contributed by atoms with Crippen LogP contribution >= 0.6 is 39.9 Å². The van der Waals surface area contributed by atoms with Crippen LogP contribution in [0.4, 0.5) is 5.69 Å². The molecule has 1 aliphatic rings. The molecule has 1 aliphatic heterocycles. The Kier molecular flexibility index (Phi) is 9.02. The van der Waals surface area contributed by atoms with Gasteiger partial charge in [0, 0.05) is 23.8 Å². The van der Waals surface area contributed by atoms with E-state index < -0.39 is 0 Å². The molecule has 1 heterocycles. The minimum Gasteiger partial charge on any atom is -0.454 e. The molecule has 0 aromatic heterocycles. The van der Waals surface area contributed by atoms with Crippen LogP contribution in [0.25, 0.3) is 0 Å². The summed E-state index contributed by atoms with van der Waals surface area (Å²) in [4.78, 5) is 16.4. The summed E-state index contributed by atoms with van der Waals surface area (Å²) in [6.45, 7) is 3.02. The Morgan fingerprint density at radius 2 is 1.93 bits per heavy atom. The van der Waals surface area contributed by atoms with E-state index >= 15 is 0 Å². The lowest BCUT2D eigenvalue weighted by Crippen LogP contribution is -2.42. The molecule has 0 saturated heterocycles. The van der Waals surface area contributed by atoms with E-state index in [-0.39, 0.29) is 43.2 Å². The molecule has 0 bridgehead atoms. The molecule has 7 nitrogen and oxygen atoms in total. The number of ether oxygens (including phenoxy) is 2. The van der Waals surface area contributed by atoms with Crippen molar-refractivity contribution >= 4 is 57.5 Å². The lowest BCUT2D eigenvalue weighted by Gasteiger charge is -2.13. The van der Waals surface area contributed by atoms with Crippen LogP contribution in [-0.4, -0.2) is 38.8 Å². The molecule has 0 aliphatic carbocycles. The summed E-state index contributed by atoms with van der Waals surface area (Å²) in [5.41, 5.74) is 2.92. The van der Waals surface area contributed by atoms with Crippen LogP contribution in [0.15, 0.2) is 45.9 Å². The van der Waals surface area contributed by atoms with Gasteiger partial charge in [0.15, 0.2) is 17.5 Å².